The maximum Gasteiger partial charge on any atom is 0.178 e. The van der Waals surface area contributed by atoms with Crippen LogP contribution in [-0.2, 0) is 6.42 Å². The Hall–Kier alpha value is -1.71. The highest BCUT2D eigenvalue weighted by atomic mass is 15.5. The van der Waals surface area contributed by atoms with Crippen molar-refractivity contribution in [3.63, 3.8) is 0 Å². The zero-order chi connectivity index (χ0) is 9.97. The molecule has 0 aliphatic carbocycles. The van der Waals surface area contributed by atoms with Crippen LogP contribution in [0, 0.1) is 13.8 Å². The highest BCUT2D eigenvalue weighted by Crippen LogP contribution is 2.12. The Morgan fingerprint density at radius 3 is 2.86 bits per heavy atom. The van der Waals surface area contributed by atoms with Gasteiger partial charge in [-0.05, 0) is 25.0 Å². The van der Waals surface area contributed by atoms with Crippen molar-refractivity contribution in [2.45, 2.75) is 20.3 Å². The number of nitrogens with one attached hydrogen (secondary N) is 1. The minimum atomic E-state index is 0.735. The highest BCUT2D eigenvalue weighted by Gasteiger charge is 2.03. The summed E-state index contributed by atoms with van der Waals surface area (Å²) in [5.74, 6) is 0.735. The number of aromatic amines is 1. The Morgan fingerprint density at radius 2 is 2.14 bits per heavy atom. The average molecular weight is 188 g/mol. The molecule has 0 unspecified atom stereocenters. The van der Waals surface area contributed by atoms with Gasteiger partial charge in [-0.25, -0.2) is 0 Å². The number of nitrogens with zero attached hydrogens (tertiary/aromatic N) is 3. The summed E-state index contributed by atoms with van der Waals surface area (Å²) in [7, 11) is 0. The van der Waals surface area contributed by atoms with Crippen molar-refractivity contribution in [1.82, 2.24) is 20.6 Å². The monoisotopic (exact) mass is 188 g/mol. The van der Waals surface area contributed by atoms with E-state index in [1.807, 2.05) is 0 Å². The second-order valence-corrected chi connectivity index (χ2v) is 3.43. The van der Waals surface area contributed by atoms with Crippen LogP contribution in [0.25, 0.3) is 0 Å². The van der Waals surface area contributed by atoms with Gasteiger partial charge in [0.25, 0.3) is 0 Å². The number of benzene rings is 1. The normalized spacial score (nSPS) is 10.4. The quantitative estimate of drug-likeness (QED) is 0.775. The molecule has 0 amide bonds. The Morgan fingerprint density at radius 1 is 1.29 bits per heavy atom. The van der Waals surface area contributed by atoms with Crippen LogP contribution in [-0.4, -0.2) is 20.6 Å². The number of H-pyrrole nitrogens is 1. The predicted octanol–water partition coefficient (Wildman–Crippen LogP) is 1.41. The fraction of sp³-hybridized carbons (Fsp3) is 0.300. The zero-order valence-electron chi connectivity index (χ0n) is 8.28. The molecule has 0 spiro atoms. The molecule has 4 heteroatoms. The molecule has 1 heterocycles. The molecule has 0 atom stereocenters. The molecule has 0 aliphatic rings. The van der Waals surface area contributed by atoms with Gasteiger partial charge in [-0.2, -0.15) is 5.21 Å². The molecule has 2 rings (SSSR count). The standard InChI is InChI=1S/C10H12N4/c1-7-3-4-8(2)9(5-7)6-10-11-13-14-12-10/h3-5H,6H2,1-2H3,(H,11,12,13,14). The van der Waals surface area contributed by atoms with E-state index in [9.17, 15) is 0 Å². The minimum absolute atomic E-state index is 0.735. The van der Waals surface area contributed by atoms with Gasteiger partial charge in [0.2, 0.25) is 0 Å². The molecule has 14 heavy (non-hydrogen) atoms. The third-order valence-corrected chi connectivity index (χ3v) is 2.24. The lowest BCUT2D eigenvalue weighted by molar-refractivity contribution is 0.881. The summed E-state index contributed by atoms with van der Waals surface area (Å²) in [6, 6.07) is 6.38. The van der Waals surface area contributed by atoms with Gasteiger partial charge in [-0.15, -0.1) is 10.2 Å². The van der Waals surface area contributed by atoms with E-state index in [0.717, 1.165) is 12.2 Å². The van der Waals surface area contributed by atoms with Gasteiger partial charge in [-0.1, -0.05) is 29.0 Å². The van der Waals surface area contributed by atoms with Crippen LogP contribution in [0.15, 0.2) is 18.2 Å². The van der Waals surface area contributed by atoms with Gasteiger partial charge in [0, 0.05) is 6.42 Å². The van der Waals surface area contributed by atoms with Gasteiger partial charge in [0.1, 0.15) is 0 Å². The summed E-state index contributed by atoms with van der Waals surface area (Å²) >= 11 is 0. The first kappa shape index (κ1) is 8.87. The van der Waals surface area contributed by atoms with Crippen LogP contribution in [0.5, 0.6) is 0 Å². The van der Waals surface area contributed by atoms with Crippen LogP contribution in [0.2, 0.25) is 0 Å². The summed E-state index contributed by atoms with van der Waals surface area (Å²) < 4.78 is 0. The van der Waals surface area contributed by atoms with Crippen molar-refractivity contribution in [1.29, 1.82) is 0 Å². The van der Waals surface area contributed by atoms with Crippen molar-refractivity contribution < 1.29 is 0 Å². The molecule has 0 bridgehead atoms. The topological polar surface area (TPSA) is 54.5 Å². The van der Waals surface area contributed by atoms with Crippen LogP contribution in [0.3, 0.4) is 0 Å². The fourth-order valence-corrected chi connectivity index (χ4v) is 1.42. The van der Waals surface area contributed by atoms with E-state index in [2.05, 4.69) is 52.7 Å². The molecule has 0 saturated heterocycles. The van der Waals surface area contributed by atoms with Crippen molar-refractivity contribution in [3.05, 3.63) is 40.7 Å². The zero-order valence-corrected chi connectivity index (χ0v) is 8.28. The lowest BCUT2D eigenvalue weighted by Crippen LogP contribution is -1.94. The second-order valence-electron chi connectivity index (χ2n) is 3.43. The third kappa shape index (κ3) is 1.79. The van der Waals surface area contributed by atoms with E-state index in [1.54, 1.807) is 0 Å². The van der Waals surface area contributed by atoms with Crippen molar-refractivity contribution in [3.8, 4) is 0 Å². The average Bonchev–Trinajstić information content (AvgIpc) is 2.64. The molecule has 4 nitrogen and oxygen atoms in total. The predicted molar refractivity (Wildman–Crippen MR) is 52.9 cm³/mol. The number of aromatic nitrogens is 4. The Kier molecular flexibility index (Phi) is 2.26. The number of tetrazole rings is 1. The molecule has 1 aromatic carbocycles. The van der Waals surface area contributed by atoms with E-state index in [4.69, 9.17) is 0 Å². The Bertz CT molecular complexity index is 420. The Labute approximate surface area is 82.4 Å². The summed E-state index contributed by atoms with van der Waals surface area (Å²) in [4.78, 5) is 0. The number of hydrogen-bond donors (Lipinski definition) is 1. The van der Waals surface area contributed by atoms with Gasteiger partial charge in [0.15, 0.2) is 5.82 Å². The molecule has 0 saturated carbocycles. The lowest BCUT2D eigenvalue weighted by Gasteiger charge is -2.03. The first-order valence-electron chi connectivity index (χ1n) is 4.54. The highest BCUT2D eigenvalue weighted by molar-refractivity contribution is 5.32. The number of rotatable bonds is 2. The van der Waals surface area contributed by atoms with E-state index in [-0.39, 0.29) is 0 Å². The van der Waals surface area contributed by atoms with E-state index in [0.29, 0.717) is 0 Å². The SMILES string of the molecule is Cc1ccc(C)c(Cc2nn[nH]n2)c1. The number of aryl methyl sites for hydroxylation is 2. The molecular weight excluding hydrogens is 176 g/mol. The van der Waals surface area contributed by atoms with Gasteiger partial charge in [0.05, 0.1) is 0 Å². The summed E-state index contributed by atoms with van der Waals surface area (Å²) in [5, 5.41) is 13.9. The minimum Gasteiger partial charge on any atom is -0.177 e. The van der Waals surface area contributed by atoms with Gasteiger partial charge >= 0.3 is 0 Å². The van der Waals surface area contributed by atoms with Crippen LogP contribution in [0.1, 0.15) is 22.5 Å². The number of hydrogen-bond acceptors (Lipinski definition) is 3. The Balaban J connectivity index is 2.28. The van der Waals surface area contributed by atoms with E-state index < -0.39 is 0 Å². The summed E-state index contributed by atoms with van der Waals surface area (Å²) in [6.45, 7) is 4.17. The fourth-order valence-electron chi connectivity index (χ4n) is 1.42. The molecular formula is C10H12N4. The first-order chi connectivity index (χ1) is 6.75. The molecule has 1 N–H and O–H groups in total. The van der Waals surface area contributed by atoms with E-state index in [1.165, 1.54) is 16.7 Å². The third-order valence-electron chi connectivity index (χ3n) is 2.24. The van der Waals surface area contributed by atoms with Crippen molar-refractivity contribution in [2.24, 2.45) is 0 Å². The molecule has 0 aliphatic heterocycles. The first-order valence-corrected chi connectivity index (χ1v) is 4.54. The van der Waals surface area contributed by atoms with Crippen LogP contribution in [0.4, 0.5) is 0 Å². The van der Waals surface area contributed by atoms with Crippen molar-refractivity contribution in [2.75, 3.05) is 0 Å². The summed E-state index contributed by atoms with van der Waals surface area (Å²) in [6.07, 6.45) is 0.740. The maximum absolute atomic E-state index is 3.94. The molecule has 1 aromatic heterocycles. The molecule has 0 fully saturated rings. The van der Waals surface area contributed by atoms with Crippen LogP contribution >= 0.6 is 0 Å². The lowest BCUT2D eigenvalue weighted by atomic mass is 10.0. The largest absolute Gasteiger partial charge is 0.178 e. The smallest absolute Gasteiger partial charge is 0.177 e. The summed E-state index contributed by atoms with van der Waals surface area (Å²) in [5.41, 5.74) is 3.78. The van der Waals surface area contributed by atoms with Gasteiger partial charge < -0.3 is 0 Å². The second kappa shape index (κ2) is 3.57. The molecule has 72 valence electrons. The van der Waals surface area contributed by atoms with Crippen molar-refractivity contribution >= 4 is 0 Å². The maximum atomic E-state index is 3.94. The van der Waals surface area contributed by atoms with E-state index >= 15 is 0 Å². The van der Waals surface area contributed by atoms with Gasteiger partial charge in [-0.3, -0.25) is 0 Å². The molecule has 0 radical (unpaired) electrons. The van der Waals surface area contributed by atoms with Crippen LogP contribution < -0.4 is 0 Å². The molecule has 2 aromatic rings.